The zero-order chi connectivity index (χ0) is 12.8. The topological polar surface area (TPSA) is 12.5 Å². The average molecular weight is 272 g/mol. The molecule has 4 rings (SSSR count). The Labute approximate surface area is 117 Å². The maximum atomic E-state index is 6.02. The number of hydroxylamine groups is 1. The minimum absolute atomic E-state index is 0.297. The van der Waals surface area contributed by atoms with Crippen LogP contribution in [0, 0.1) is 0 Å². The molecule has 2 aliphatic rings. The summed E-state index contributed by atoms with van der Waals surface area (Å²) in [4.78, 5) is 6.02. The summed E-state index contributed by atoms with van der Waals surface area (Å²) in [6.07, 6.45) is 2.35. The summed E-state index contributed by atoms with van der Waals surface area (Å²) in [6, 6.07) is 16.9. The van der Waals surface area contributed by atoms with Crippen LogP contribution in [-0.2, 0) is 11.3 Å². The zero-order valence-corrected chi connectivity index (χ0v) is 11.2. The minimum atomic E-state index is 0.297. The molecule has 0 amide bonds. The standard InChI is InChI=1S/C16H14ClNO/c17-13-7-5-11(6-8-13)16-10-14-9-12-3-1-2-4-15(12)18(16)19-14/h1-8,14,16H,9-10H2/t14?,16-/m1/s1. The molecule has 2 bridgehead atoms. The molecule has 0 aromatic heterocycles. The number of benzene rings is 2. The molecule has 1 saturated heterocycles. The van der Waals surface area contributed by atoms with Crippen LogP contribution in [0.25, 0.3) is 0 Å². The normalized spacial score (nSPS) is 24.4. The molecule has 1 fully saturated rings. The van der Waals surface area contributed by atoms with E-state index in [2.05, 4.69) is 41.5 Å². The van der Waals surface area contributed by atoms with Crippen LogP contribution in [0.1, 0.15) is 23.6 Å². The summed E-state index contributed by atoms with van der Waals surface area (Å²) in [6.45, 7) is 0. The highest BCUT2D eigenvalue weighted by Gasteiger charge is 2.39. The fraction of sp³-hybridized carbons (Fsp3) is 0.250. The van der Waals surface area contributed by atoms with Crippen LogP contribution in [0.15, 0.2) is 48.5 Å². The van der Waals surface area contributed by atoms with Crippen molar-refractivity contribution in [2.24, 2.45) is 0 Å². The van der Waals surface area contributed by atoms with Crippen LogP contribution in [-0.4, -0.2) is 6.10 Å². The Morgan fingerprint density at radius 1 is 1.05 bits per heavy atom. The lowest BCUT2D eigenvalue weighted by molar-refractivity contribution is 0.0734. The largest absolute Gasteiger partial charge is 0.269 e. The summed E-state index contributed by atoms with van der Waals surface area (Å²) in [5, 5.41) is 2.85. The van der Waals surface area contributed by atoms with Crippen molar-refractivity contribution >= 4 is 17.3 Å². The predicted octanol–water partition coefficient (Wildman–Crippen LogP) is 4.15. The molecule has 0 aliphatic carbocycles. The number of fused-ring (bicyclic) bond motifs is 4. The summed E-state index contributed by atoms with van der Waals surface area (Å²) in [7, 11) is 0. The van der Waals surface area contributed by atoms with Crippen LogP contribution >= 0.6 is 11.6 Å². The lowest BCUT2D eigenvalue weighted by atomic mass is 10.0. The smallest absolute Gasteiger partial charge is 0.0921 e. The molecule has 2 heterocycles. The number of anilines is 1. The van der Waals surface area contributed by atoms with Crippen molar-refractivity contribution in [3.63, 3.8) is 0 Å². The van der Waals surface area contributed by atoms with Crippen LogP contribution < -0.4 is 5.06 Å². The summed E-state index contributed by atoms with van der Waals surface area (Å²) in [5.41, 5.74) is 3.86. The van der Waals surface area contributed by atoms with E-state index in [-0.39, 0.29) is 0 Å². The monoisotopic (exact) mass is 271 g/mol. The number of halogens is 1. The van der Waals surface area contributed by atoms with E-state index >= 15 is 0 Å². The van der Waals surface area contributed by atoms with Gasteiger partial charge >= 0.3 is 0 Å². The molecule has 0 spiro atoms. The van der Waals surface area contributed by atoms with Gasteiger partial charge in [0.2, 0.25) is 0 Å². The summed E-state index contributed by atoms with van der Waals surface area (Å²) >= 11 is 5.97. The van der Waals surface area contributed by atoms with Crippen molar-refractivity contribution in [3.8, 4) is 0 Å². The first-order valence-corrected chi connectivity index (χ1v) is 6.98. The van der Waals surface area contributed by atoms with E-state index in [1.807, 2.05) is 12.1 Å². The van der Waals surface area contributed by atoms with Gasteiger partial charge in [-0.1, -0.05) is 41.9 Å². The van der Waals surface area contributed by atoms with E-state index in [1.54, 1.807) is 0 Å². The Bertz CT molecular complexity index is 610. The minimum Gasteiger partial charge on any atom is -0.269 e. The molecule has 1 unspecified atom stereocenters. The Morgan fingerprint density at radius 3 is 2.68 bits per heavy atom. The van der Waals surface area contributed by atoms with Crippen LogP contribution in [0.2, 0.25) is 5.02 Å². The van der Waals surface area contributed by atoms with E-state index < -0.39 is 0 Å². The van der Waals surface area contributed by atoms with Gasteiger partial charge in [-0.05, 0) is 29.3 Å². The van der Waals surface area contributed by atoms with Crippen LogP contribution in [0.3, 0.4) is 0 Å². The Balaban J connectivity index is 1.75. The molecule has 0 N–H and O–H groups in total. The Hall–Kier alpha value is -1.51. The molecule has 96 valence electrons. The van der Waals surface area contributed by atoms with Crippen molar-refractivity contribution in [2.45, 2.75) is 25.0 Å². The van der Waals surface area contributed by atoms with Gasteiger partial charge < -0.3 is 0 Å². The molecule has 2 aromatic carbocycles. The van der Waals surface area contributed by atoms with Gasteiger partial charge in [0.15, 0.2) is 0 Å². The SMILES string of the molecule is Clc1ccc([C@H]2CC3Cc4ccccc4N2O3)cc1. The molecular formula is C16H14ClNO. The highest BCUT2D eigenvalue weighted by Crippen LogP contribution is 2.44. The van der Waals surface area contributed by atoms with Crippen molar-refractivity contribution in [2.75, 3.05) is 5.06 Å². The van der Waals surface area contributed by atoms with Gasteiger partial charge in [-0.2, -0.15) is 0 Å². The maximum Gasteiger partial charge on any atom is 0.0921 e. The molecular weight excluding hydrogens is 258 g/mol. The van der Waals surface area contributed by atoms with Gasteiger partial charge in [0.1, 0.15) is 0 Å². The quantitative estimate of drug-likeness (QED) is 0.773. The van der Waals surface area contributed by atoms with Crippen molar-refractivity contribution in [1.82, 2.24) is 0 Å². The molecule has 19 heavy (non-hydrogen) atoms. The number of rotatable bonds is 1. The second kappa shape index (κ2) is 4.26. The summed E-state index contributed by atoms with van der Waals surface area (Å²) in [5.74, 6) is 0. The van der Waals surface area contributed by atoms with E-state index in [4.69, 9.17) is 16.4 Å². The number of hydrogen-bond acceptors (Lipinski definition) is 2. The van der Waals surface area contributed by atoms with Crippen molar-refractivity contribution in [3.05, 3.63) is 64.7 Å². The molecule has 3 heteroatoms. The molecule has 0 radical (unpaired) electrons. The predicted molar refractivity (Wildman–Crippen MR) is 76.3 cm³/mol. The third-order valence-electron chi connectivity index (χ3n) is 3.96. The zero-order valence-electron chi connectivity index (χ0n) is 10.4. The third kappa shape index (κ3) is 1.83. The second-order valence-corrected chi connectivity index (χ2v) is 5.63. The number of para-hydroxylation sites is 1. The third-order valence-corrected chi connectivity index (χ3v) is 4.22. The Morgan fingerprint density at radius 2 is 1.84 bits per heavy atom. The average Bonchev–Trinajstić information content (AvgIpc) is 2.78. The van der Waals surface area contributed by atoms with Gasteiger partial charge in [0, 0.05) is 17.9 Å². The fourth-order valence-corrected chi connectivity index (χ4v) is 3.19. The highest BCUT2D eigenvalue weighted by molar-refractivity contribution is 6.30. The van der Waals surface area contributed by atoms with E-state index in [0.29, 0.717) is 12.1 Å². The van der Waals surface area contributed by atoms with E-state index in [0.717, 1.165) is 17.9 Å². The lowest BCUT2D eigenvalue weighted by Gasteiger charge is -2.30. The van der Waals surface area contributed by atoms with Crippen LogP contribution in [0.4, 0.5) is 5.69 Å². The van der Waals surface area contributed by atoms with Gasteiger partial charge in [-0.15, -0.1) is 0 Å². The van der Waals surface area contributed by atoms with Gasteiger partial charge in [-0.25, -0.2) is 5.06 Å². The fourth-order valence-electron chi connectivity index (χ4n) is 3.07. The van der Waals surface area contributed by atoms with Crippen LogP contribution in [0.5, 0.6) is 0 Å². The molecule has 2 aliphatic heterocycles. The second-order valence-electron chi connectivity index (χ2n) is 5.19. The van der Waals surface area contributed by atoms with Gasteiger partial charge in [-0.3, -0.25) is 4.84 Å². The van der Waals surface area contributed by atoms with Gasteiger partial charge in [0.05, 0.1) is 17.8 Å². The first-order valence-electron chi connectivity index (χ1n) is 6.60. The van der Waals surface area contributed by atoms with E-state index in [9.17, 15) is 0 Å². The lowest BCUT2D eigenvalue weighted by Crippen LogP contribution is -2.27. The Kier molecular flexibility index (Phi) is 2.54. The molecule has 0 saturated carbocycles. The summed E-state index contributed by atoms with van der Waals surface area (Å²) < 4.78 is 0. The molecule has 2 nitrogen and oxygen atoms in total. The first-order chi connectivity index (χ1) is 9.31. The maximum absolute atomic E-state index is 6.02. The van der Waals surface area contributed by atoms with Crippen molar-refractivity contribution < 1.29 is 4.84 Å². The number of nitrogens with zero attached hydrogens (tertiary/aromatic N) is 1. The molecule has 2 atom stereocenters. The first kappa shape index (κ1) is 11.3. The van der Waals surface area contributed by atoms with E-state index in [1.165, 1.54) is 16.8 Å². The van der Waals surface area contributed by atoms with Crippen molar-refractivity contribution in [1.29, 1.82) is 0 Å². The number of hydrogen-bond donors (Lipinski definition) is 0. The van der Waals surface area contributed by atoms with Gasteiger partial charge in [0.25, 0.3) is 0 Å². The highest BCUT2D eigenvalue weighted by atomic mass is 35.5. The molecule has 2 aromatic rings.